The Bertz CT molecular complexity index is 1790. The second-order valence-corrected chi connectivity index (χ2v) is 10.0. The molecular formula is C37H29N3O2. The Morgan fingerprint density at radius 2 is 0.881 bits per heavy atom. The van der Waals surface area contributed by atoms with Crippen molar-refractivity contribution in [3.8, 4) is 22.3 Å². The molecule has 0 atom stereocenters. The fourth-order valence-corrected chi connectivity index (χ4v) is 5.11. The van der Waals surface area contributed by atoms with Crippen LogP contribution in [0.1, 0.15) is 0 Å². The van der Waals surface area contributed by atoms with Crippen LogP contribution in [-0.4, -0.2) is 12.0 Å². The molecule has 0 aliphatic carbocycles. The average molecular weight is 548 g/mol. The van der Waals surface area contributed by atoms with E-state index < -0.39 is 0 Å². The van der Waals surface area contributed by atoms with E-state index in [-0.39, 0.29) is 10.6 Å². The van der Waals surface area contributed by atoms with E-state index in [0.717, 1.165) is 39.6 Å². The molecular weight excluding hydrogens is 518 g/mol. The van der Waals surface area contributed by atoms with Crippen molar-refractivity contribution in [3.05, 3.63) is 168 Å². The Labute approximate surface area is 245 Å². The summed E-state index contributed by atoms with van der Waals surface area (Å²) in [5.74, 6) is 0. The summed E-state index contributed by atoms with van der Waals surface area (Å²) in [7, 11) is 1.95. The van der Waals surface area contributed by atoms with Gasteiger partial charge in [0.05, 0.1) is 4.92 Å². The lowest BCUT2D eigenvalue weighted by atomic mass is 10.0. The molecule has 0 fully saturated rings. The van der Waals surface area contributed by atoms with Gasteiger partial charge in [0.15, 0.2) is 0 Å². The zero-order valence-corrected chi connectivity index (χ0v) is 23.2. The van der Waals surface area contributed by atoms with E-state index in [9.17, 15) is 10.1 Å². The quantitative estimate of drug-likeness (QED) is 0.140. The van der Waals surface area contributed by atoms with Gasteiger partial charge in [-0.1, -0.05) is 84.9 Å². The van der Waals surface area contributed by atoms with Crippen molar-refractivity contribution >= 4 is 34.1 Å². The predicted molar refractivity (Wildman–Crippen MR) is 173 cm³/mol. The maximum absolute atomic E-state index is 11.0. The van der Waals surface area contributed by atoms with E-state index in [2.05, 4.69) is 126 Å². The Kier molecular flexibility index (Phi) is 7.47. The van der Waals surface area contributed by atoms with Gasteiger partial charge < -0.3 is 9.80 Å². The molecule has 6 aromatic rings. The Morgan fingerprint density at radius 3 is 1.45 bits per heavy atom. The first-order chi connectivity index (χ1) is 20.6. The van der Waals surface area contributed by atoms with Crippen LogP contribution in [0, 0.1) is 10.1 Å². The van der Waals surface area contributed by atoms with E-state index in [1.165, 1.54) is 23.3 Å². The predicted octanol–water partition coefficient (Wildman–Crippen LogP) is 10.2. The zero-order valence-electron chi connectivity index (χ0n) is 23.2. The normalized spacial score (nSPS) is 10.7. The average Bonchev–Trinajstić information content (AvgIpc) is 3.06. The van der Waals surface area contributed by atoms with Crippen LogP contribution in [0.5, 0.6) is 0 Å². The van der Waals surface area contributed by atoms with Crippen molar-refractivity contribution in [2.75, 3.05) is 16.8 Å². The Balaban J connectivity index is 1.27. The van der Waals surface area contributed by atoms with Gasteiger partial charge >= 0.3 is 0 Å². The third-order valence-corrected chi connectivity index (χ3v) is 7.39. The number of non-ortho nitro benzene ring substituents is 1. The van der Waals surface area contributed by atoms with Gasteiger partial charge in [0.1, 0.15) is 0 Å². The fraction of sp³-hybridized carbons (Fsp3) is 0.0270. The lowest BCUT2D eigenvalue weighted by molar-refractivity contribution is -0.384. The van der Waals surface area contributed by atoms with Crippen molar-refractivity contribution in [2.24, 2.45) is 0 Å². The van der Waals surface area contributed by atoms with Gasteiger partial charge in [0.2, 0.25) is 0 Å². The van der Waals surface area contributed by atoms with Gasteiger partial charge in [0.25, 0.3) is 5.69 Å². The van der Waals surface area contributed by atoms with Crippen LogP contribution in [0.4, 0.5) is 34.1 Å². The molecule has 0 aliphatic heterocycles. The SMILES string of the molecule is CN(c1ccc(-c2ccc(N(c3ccccc3)c3cccc(-c4ccccc4)c3)cc2)cc1)c1ccc([N+](=O)[O-])cc1. The summed E-state index contributed by atoms with van der Waals surface area (Å²) < 4.78 is 0. The standard InChI is InChI=1S/C37H29N3O2/c1-38(33-23-25-36(26-24-33)40(41)42)32-19-15-29(16-20-32)30-17-21-35(22-18-30)39(34-12-6-3-7-13-34)37-14-8-11-31(27-37)28-9-4-2-5-10-28/h2-27H,1H3. The first kappa shape index (κ1) is 26.5. The molecule has 0 aliphatic rings. The smallest absolute Gasteiger partial charge is 0.269 e. The molecule has 6 aromatic carbocycles. The molecule has 0 unspecified atom stereocenters. The molecule has 42 heavy (non-hydrogen) atoms. The van der Waals surface area contributed by atoms with Crippen molar-refractivity contribution in [2.45, 2.75) is 0 Å². The Hall–Kier alpha value is -5.68. The van der Waals surface area contributed by atoms with E-state index in [1.54, 1.807) is 12.1 Å². The molecule has 0 saturated carbocycles. The van der Waals surface area contributed by atoms with Crippen LogP contribution in [0.25, 0.3) is 22.3 Å². The number of anilines is 5. The summed E-state index contributed by atoms with van der Waals surface area (Å²) in [5, 5.41) is 11.0. The minimum atomic E-state index is -0.384. The highest BCUT2D eigenvalue weighted by molar-refractivity contribution is 5.81. The number of benzene rings is 6. The highest BCUT2D eigenvalue weighted by atomic mass is 16.6. The Morgan fingerprint density at radius 1 is 0.452 bits per heavy atom. The highest BCUT2D eigenvalue weighted by Crippen LogP contribution is 2.37. The highest BCUT2D eigenvalue weighted by Gasteiger charge is 2.14. The van der Waals surface area contributed by atoms with Gasteiger partial charge in [-0.05, 0) is 82.9 Å². The number of hydrogen-bond donors (Lipinski definition) is 0. The van der Waals surface area contributed by atoms with Crippen LogP contribution in [-0.2, 0) is 0 Å². The van der Waals surface area contributed by atoms with Gasteiger partial charge in [-0.15, -0.1) is 0 Å². The van der Waals surface area contributed by atoms with Crippen molar-refractivity contribution in [1.29, 1.82) is 0 Å². The van der Waals surface area contributed by atoms with Crippen molar-refractivity contribution < 1.29 is 4.92 Å². The third kappa shape index (κ3) is 5.62. The number of nitro groups is 1. The van der Waals surface area contributed by atoms with Crippen LogP contribution in [0.2, 0.25) is 0 Å². The lowest BCUT2D eigenvalue weighted by Gasteiger charge is -2.26. The zero-order chi connectivity index (χ0) is 28.9. The summed E-state index contributed by atoms with van der Waals surface area (Å²) in [6.07, 6.45) is 0. The number of nitrogens with zero attached hydrogens (tertiary/aromatic N) is 3. The monoisotopic (exact) mass is 547 g/mol. The molecule has 0 amide bonds. The topological polar surface area (TPSA) is 49.6 Å². The summed E-state index contributed by atoms with van der Waals surface area (Å²) in [6.45, 7) is 0. The molecule has 6 rings (SSSR count). The largest absolute Gasteiger partial charge is 0.345 e. The molecule has 5 heteroatoms. The molecule has 0 bridgehead atoms. The summed E-state index contributed by atoms with van der Waals surface area (Å²) >= 11 is 0. The summed E-state index contributed by atoms with van der Waals surface area (Å²) in [5.41, 5.74) is 9.81. The van der Waals surface area contributed by atoms with E-state index in [4.69, 9.17) is 0 Å². The molecule has 5 nitrogen and oxygen atoms in total. The molecule has 204 valence electrons. The summed E-state index contributed by atoms with van der Waals surface area (Å²) in [4.78, 5) is 14.9. The second-order valence-electron chi connectivity index (χ2n) is 10.0. The molecule has 0 N–H and O–H groups in total. The van der Waals surface area contributed by atoms with Crippen LogP contribution in [0.15, 0.2) is 158 Å². The summed E-state index contributed by atoms with van der Waals surface area (Å²) in [6, 6.07) is 53.0. The maximum atomic E-state index is 11.0. The molecule has 0 aromatic heterocycles. The molecule has 0 saturated heterocycles. The van der Waals surface area contributed by atoms with Gasteiger partial charge in [0, 0.05) is 47.6 Å². The van der Waals surface area contributed by atoms with Crippen molar-refractivity contribution in [1.82, 2.24) is 0 Å². The van der Waals surface area contributed by atoms with Crippen LogP contribution < -0.4 is 9.80 Å². The van der Waals surface area contributed by atoms with E-state index in [1.807, 2.05) is 24.1 Å². The van der Waals surface area contributed by atoms with E-state index >= 15 is 0 Å². The van der Waals surface area contributed by atoms with Crippen LogP contribution in [0.3, 0.4) is 0 Å². The molecule has 0 radical (unpaired) electrons. The van der Waals surface area contributed by atoms with E-state index in [0.29, 0.717) is 0 Å². The minimum Gasteiger partial charge on any atom is -0.345 e. The fourth-order valence-electron chi connectivity index (χ4n) is 5.11. The van der Waals surface area contributed by atoms with Crippen LogP contribution >= 0.6 is 0 Å². The first-order valence-corrected chi connectivity index (χ1v) is 13.8. The number of para-hydroxylation sites is 1. The van der Waals surface area contributed by atoms with Gasteiger partial charge in [-0.25, -0.2) is 0 Å². The lowest BCUT2D eigenvalue weighted by Crippen LogP contribution is -2.10. The molecule has 0 heterocycles. The number of nitro benzene ring substituents is 1. The van der Waals surface area contributed by atoms with Gasteiger partial charge in [-0.3, -0.25) is 10.1 Å². The third-order valence-electron chi connectivity index (χ3n) is 7.39. The number of rotatable bonds is 8. The first-order valence-electron chi connectivity index (χ1n) is 13.8. The number of hydrogen-bond acceptors (Lipinski definition) is 4. The minimum absolute atomic E-state index is 0.0840. The van der Waals surface area contributed by atoms with Gasteiger partial charge in [-0.2, -0.15) is 0 Å². The molecule has 0 spiro atoms. The van der Waals surface area contributed by atoms with Crippen molar-refractivity contribution in [3.63, 3.8) is 0 Å². The maximum Gasteiger partial charge on any atom is 0.269 e. The second kappa shape index (κ2) is 11.8.